The predicted octanol–water partition coefficient (Wildman–Crippen LogP) is 4.62. The third kappa shape index (κ3) is 5.74. The maximum absolute atomic E-state index is 13.3. The second-order valence-corrected chi connectivity index (χ2v) is 9.13. The molecule has 1 aromatic rings. The van der Waals surface area contributed by atoms with E-state index >= 15 is 0 Å². The Labute approximate surface area is 168 Å². The Kier molecular flexibility index (Phi) is 8.21. The van der Waals surface area contributed by atoms with Crippen LogP contribution < -0.4 is 5.32 Å². The van der Waals surface area contributed by atoms with Crippen LogP contribution in [-0.4, -0.2) is 39.9 Å². The molecule has 0 bridgehead atoms. The summed E-state index contributed by atoms with van der Waals surface area (Å²) in [5.74, 6) is 0.982. The number of nitrogens with one attached hydrogen (secondary N) is 1. The molecule has 0 radical (unpaired) electrons. The highest BCUT2D eigenvalue weighted by molar-refractivity contribution is 8.00. The molecule has 4 nitrogen and oxygen atoms in total. The molecule has 5 heteroatoms. The number of carbonyl (C=O) groups excluding carboxylic acids is 2. The highest BCUT2D eigenvalue weighted by Crippen LogP contribution is 2.34. The summed E-state index contributed by atoms with van der Waals surface area (Å²) >= 11 is 1.74. The van der Waals surface area contributed by atoms with Crippen LogP contribution in [0.3, 0.4) is 0 Å². The molecule has 3 atom stereocenters. The van der Waals surface area contributed by atoms with E-state index < -0.39 is 6.04 Å². The number of thioether (sulfide) groups is 1. The van der Waals surface area contributed by atoms with Gasteiger partial charge in [-0.1, -0.05) is 57.7 Å². The van der Waals surface area contributed by atoms with E-state index in [2.05, 4.69) is 26.1 Å². The average Bonchev–Trinajstić information content (AvgIpc) is 3.05. The summed E-state index contributed by atoms with van der Waals surface area (Å²) in [5.41, 5.74) is 1.79. The Morgan fingerprint density at radius 1 is 1.19 bits per heavy atom. The fourth-order valence-corrected chi connectivity index (χ4v) is 4.61. The van der Waals surface area contributed by atoms with E-state index in [1.165, 1.54) is 0 Å². The van der Waals surface area contributed by atoms with Crippen LogP contribution in [0.25, 0.3) is 0 Å². The number of nitrogens with zero attached hydrogens (tertiary/aromatic N) is 1. The van der Waals surface area contributed by atoms with Crippen LogP contribution in [0.1, 0.15) is 69.3 Å². The molecular formula is C22H34N2O2S. The number of unbranched alkanes of at least 4 members (excludes halogenated alkanes) is 2. The summed E-state index contributed by atoms with van der Waals surface area (Å²) in [6.45, 7) is 10.4. The molecule has 0 aromatic heterocycles. The molecular weight excluding hydrogens is 356 g/mol. The number of rotatable bonds is 8. The zero-order valence-corrected chi connectivity index (χ0v) is 18.1. The number of amides is 2. The summed E-state index contributed by atoms with van der Waals surface area (Å²) in [6.07, 6.45) is 4.34. The van der Waals surface area contributed by atoms with Gasteiger partial charge in [-0.25, -0.2) is 0 Å². The molecule has 1 heterocycles. The molecule has 1 aromatic carbocycles. The Balaban J connectivity index is 2.20. The number of hydrogen-bond donors (Lipinski definition) is 1. The summed E-state index contributed by atoms with van der Waals surface area (Å²) in [5, 5.41) is 3.19. The fraction of sp³-hybridized carbons (Fsp3) is 0.636. The van der Waals surface area contributed by atoms with Gasteiger partial charge in [-0.2, -0.15) is 0 Å². The zero-order chi connectivity index (χ0) is 20.0. The standard InChI is InChI=1S/C22H34N2O2S/c1-6-7-8-9-20-24(22(26)18-12-10-16(4)11-13-18)19(14-27-20)21(25)23-17(5)15(2)3/h10-13,15,17,19-20H,6-9,14H2,1-5H3,(H,23,25). The molecule has 150 valence electrons. The molecule has 3 unspecified atom stereocenters. The Bertz CT molecular complexity index is 630. The summed E-state index contributed by atoms with van der Waals surface area (Å²) in [7, 11) is 0. The van der Waals surface area contributed by atoms with Gasteiger partial charge in [-0.3, -0.25) is 9.59 Å². The molecule has 1 aliphatic heterocycles. The smallest absolute Gasteiger partial charge is 0.255 e. The van der Waals surface area contributed by atoms with Crippen molar-refractivity contribution in [2.45, 2.75) is 77.8 Å². The van der Waals surface area contributed by atoms with E-state index in [0.29, 0.717) is 17.2 Å². The van der Waals surface area contributed by atoms with Gasteiger partial charge in [0.1, 0.15) is 6.04 Å². The fourth-order valence-electron chi connectivity index (χ4n) is 3.16. The maximum atomic E-state index is 13.3. The minimum absolute atomic E-state index is 0.0258. The number of aryl methyl sites for hydroxylation is 1. The maximum Gasteiger partial charge on any atom is 0.255 e. The molecule has 2 rings (SSSR count). The van der Waals surface area contributed by atoms with Crippen LogP contribution in [0, 0.1) is 12.8 Å². The first-order chi connectivity index (χ1) is 12.8. The largest absolute Gasteiger partial charge is 0.352 e. The summed E-state index contributed by atoms with van der Waals surface area (Å²) in [6, 6.07) is 7.36. The van der Waals surface area contributed by atoms with E-state index in [1.54, 1.807) is 11.8 Å². The third-order valence-electron chi connectivity index (χ3n) is 5.35. The molecule has 0 spiro atoms. The molecule has 0 aliphatic carbocycles. The van der Waals surface area contributed by atoms with Gasteiger partial charge in [0, 0.05) is 17.4 Å². The van der Waals surface area contributed by atoms with Crippen LogP contribution in [0.4, 0.5) is 0 Å². The van der Waals surface area contributed by atoms with E-state index in [-0.39, 0.29) is 23.2 Å². The van der Waals surface area contributed by atoms with Gasteiger partial charge in [0.25, 0.3) is 5.91 Å². The molecule has 1 aliphatic rings. The van der Waals surface area contributed by atoms with Gasteiger partial charge >= 0.3 is 0 Å². The van der Waals surface area contributed by atoms with Crippen molar-refractivity contribution in [3.05, 3.63) is 35.4 Å². The van der Waals surface area contributed by atoms with Gasteiger partial charge in [0.2, 0.25) is 5.91 Å². The Hall–Kier alpha value is -1.49. The Morgan fingerprint density at radius 2 is 1.85 bits per heavy atom. The summed E-state index contributed by atoms with van der Waals surface area (Å²) in [4.78, 5) is 28.0. The van der Waals surface area contributed by atoms with Crippen molar-refractivity contribution >= 4 is 23.6 Å². The Morgan fingerprint density at radius 3 is 2.44 bits per heavy atom. The van der Waals surface area contributed by atoms with Gasteiger partial charge in [0.05, 0.1) is 5.37 Å². The lowest BCUT2D eigenvalue weighted by Crippen LogP contribution is -2.52. The van der Waals surface area contributed by atoms with Crippen molar-refractivity contribution in [1.82, 2.24) is 10.2 Å². The predicted molar refractivity (Wildman–Crippen MR) is 114 cm³/mol. The topological polar surface area (TPSA) is 49.4 Å². The minimum Gasteiger partial charge on any atom is -0.352 e. The third-order valence-corrected chi connectivity index (χ3v) is 6.71. The van der Waals surface area contributed by atoms with Crippen LogP contribution in [0.2, 0.25) is 0 Å². The molecule has 1 saturated heterocycles. The van der Waals surface area contributed by atoms with Gasteiger partial charge in [-0.15, -0.1) is 11.8 Å². The van der Waals surface area contributed by atoms with Crippen LogP contribution in [0.15, 0.2) is 24.3 Å². The molecule has 1 fully saturated rings. The monoisotopic (exact) mass is 390 g/mol. The quantitative estimate of drug-likeness (QED) is 0.659. The van der Waals surface area contributed by atoms with Crippen molar-refractivity contribution < 1.29 is 9.59 Å². The van der Waals surface area contributed by atoms with Crippen LogP contribution in [0.5, 0.6) is 0 Å². The van der Waals surface area contributed by atoms with Crippen molar-refractivity contribution in [3.8, 4) is 0 Å². The lowest BCUT2D eigenvalue weighted by molar-refractivity contribution is -0.125. The molecule has 0 saturated carbocycles. The first-order valence-corrected chi connectivity index (χ1v) is 11.2. The van der Waals surface area contributed by atoms with E-state index in [1.807, 2.05) is 43.0 Å². The van der Waals surface area contributed by atoms with Gasteiger partial charge in [0.15, 0.2) is 0 Å². The van der Waals surface area contributed by atoms with Crippen molar-refractivity contribution in [1.29, 1.82) is 0 Å². The normalized spacial score (nSPS) is 20.7. The SMILES string of the molecule is CCCCCC1SCC(C(=O)NC(C)C(C)C)N1C(=O)c1ccc(C)cc1. The first-order valence-electron chi connectivity index (χ1n) is 10.2. The van der Waals surface area contributed by atoms with Crippen molar-refractivity contribution in [2.75, 3.05) is 5.75 Å². The first kappa shape index (κ1) is 21.8. The molecule has 1 N–H and O–H groups in total. The van der Waals surface area contributed by atoms with Gasteiger partial charge in [-0.05, 0) is 38.3 Å². The van der Waals surface area contributed by atoms with E-state index in [4.69, 9.17) is 0 Å². The second kappa shape index (κ2) is 10.2. The van der Waals surface area contributed by atoms with Crippen molar-refractivity contribution in [3.63, 3.8) is 0 Å². The lowest BCUT2D eigenvalue weighted by Gasteiger charge is -2.30. The highest BCUT2D eigenvalue weighted by atomic mass is 32.2. The average molecular weight is 391 g/mol. The van der Waals surface area contributed by atoms with Gasteiger partial charge < -0.3 is 10.2 Å². The van der Waals surface area contributed by atoms with E-state index in [9.17, 15) is 9.59 Å². The second-order valence-electron chi connectivity index (χ2n) is 7.92. The highest BCUT2D eigenvalue weighted by Gasteiger charge is 2.41. The zero-order valence-electron chi connectivity index (χ0n) is 17.3. The van der Waals surface area contributed by atoms with Crippen molar-refractivity contribution in [2.24, 2.45) is 5.92 Å². The minimum atomic E-state index is -0.392. The number of benzene rings is 1. The number of carbonyl (C=O) groups is 2. The van der Waals surface area contributed by atoms with E-state index in [0.717, 1.165) is 31.2 Å². The molecule has 27 heavy (non-hydrogen) atoms. The molecule has 2 amide bonds. The van der Waals surface area contributed by atoms with Crippen LogP contribution in [-0.2, 0) is 4.79 Å². The lowest BCUT2D eigenvalue weighted by atomic mass is 10.1. The van der Waals surface area contributed by atoms with Crippen LogP contribution >= 0.6 is 11.8 Å². The number of hydrogen-bond acceptors (Lipinski definition) is 3. The summed E-state index contributed by atoms with van der Waals surface area (Å²) < 4.78 is 0.